The summed E-state index contributed by atoms with van der Waals surface area (Å²) in [7, 11) is 2.04. The molecule has 0 aromatic carbocycles. The second-order valence-electron chi connectivity index (χ2n) is 11.1. The smallest absolute Gasteiger partial charge is 0.413 e. The van der Waals surface area contributed by atoms with Gasteiger partial charge in [-0.3, -0.25) is 15.1 Å². The van der Waals surface area contributed by atoms with Crippen LogP contribution in [0.4, 0.5) is 4.79 Å². The second-order valence-corrected chi connectivity index (χ2v) is 11.1. The Morgan fingerprint density at radius 3 is 2.47 bits per heavy atom. The number of amides is 2. The lowest BCUT2D eigenvalue weighted by Gasteiger charge is -2.38. The van der Waals surface area contributed by atoms with Crippen LogP contribution >= 0.6 is 0 Å². The minimum atomic E-state index is -0.826. The first-order valence-corrected chi connectivity index (χ1v) is 14.7. The van der Waals surface area contributed by atoms with E-state index in [4.69, 9.17) is 14.5 Å². The second kappa shape index (κ2) is 15.9. The molecule has 10 heteroatoms. The van der Waals surface area contributed by atoms with Crippen molar-refractivity contribution in [1.82, 2.24) is 20.4 Å². The number of carbonyl (C=O) groups is 2. The number of nitrogens with one attached hydrogen (secondary N) is 2. The number of ether oxygens (including phenoxy) is 2. The normalized spacial score (nSPS) is 21.8. The van der Waals surface area contributed by atoms with Crippen LogP contribution < -0.4 is 10.6 Å². The number of nitriles is 1. The van der Waals surface area contributed by atoms with E-state index in [0.717, 1.165) is 64.5 Å². The summed E-state index contributed by atoms with van der Waals surface area (Å²) in [4.78, 5) is 35.3. The molecule has 10 nitrogen and oxygen atoms in total. The Hall–Kier alpha value is -2.38. The van der Waals surface area contributed by atoms with Gasteiger partial charge in [-0.05, 0) is 45.1 Å². The van der Waals surface area contributed by atoms with Gasteiger partial charge in [0.15, 0.2) is 0 Å². The summed E-state index contributed by atoms with van der Waals surface area (Å²) in [5, 5.41) is 16.0. The zero-order valence-electron chi connectivity index (χ0n) is 23.5. The first kappa shape index (κ1) is 30.2. The zero-order chi connectivity index (χ0) is 27.2. The summed E-state index contributed by atoms with van der Waals surface area (Å²) in [5.41, 5.74) is -0.826. The maximum Gasteiger partial charge on any atom is 0.413 e. The van der Waals surface area contributed by atoms with Gasteiger partial charge in [0.05, 0.1) is 38.4 Å². The Labute approximate surface area is 228 Å². The summed E-state index contributed by atoms with van der Waals surface area (Å²) in [6.45, 7) is 6.69. The molecule has 38 heavy (non-hydrogen) atoms. The monoisotopic (exact) mass is 532 g/mol. The molecule has 3 fully saturated rings. The van der Waals surface area contributed by atoms with Gasteiger partial charge in [-0.25, -0.2) is 4.79 Å². The minimum absolute atomic E-state index is 0.0911. The highest BCUT2D eigenvalue weighted by Crippen LogP contribution is 2.32. The summed E-state index contributed by atoms with van der Waals surface area (Å²) < 4.78 is 10.9. The van der Waals surface area contributed by atoms with E-state index < -0.39 is 11.6 Å². The average molecular weight is 533 g/mol. The van der Waals surface area contributed by atoms with E-state index >= 15 is 0 Å². The van der Waals surface area contributed by atoms with E-state index in [9.17, 15) is 14.9 Å². The van der Waals surface area contributed by atoms with Gasteiger partial charge >= 0.3 is 6.09 Å². The van der Waals surface area contributed by atoms with Crippen LogP contribution in [-0.4, -0.2) is 92.9 Å². The fraction of sp³-hybridized carbons (Fsp3) is 0.857. The van der Waals surface area contributed by atoms with E-state index in [0.29, 0.717) is 51.7 Å². The molecule has 1 saturated carbocycles. The Morgan fingerprint density at radius 2 is 1.82 bits per heavy atom. The third-order valence-corrected chi connectivity index (χ3v) is 8.17. The maximum absolute atomic E-state index is 13.7. The van der Waals surface area contributed by atoms with Crippen LogP contribution in [0.2, 0.25) is 0 Å². The molecular formula is C28H48N6O4. The lowest BCUT2D eigenvalue weighted by molar-refractivity contribution is -0.128. The molecule has 2 saturated heterocycles. The van der Waals surface area contributed by atoms with Gasteiger partial charge in [-0.1, -0.05) is 45.4 Å². The third kappa shape index (κ3) is 9.42. The molecule has 0 aromatic rings. The molecular weight excluding hydrogens is 484 g/mol. The average Bonchev–Trinajstić information content (AvgIpc) is 2.95. The lowest BCUT2D eigenvalue weighted by atomic mass is 9.78. The van der Waals surface area contributed by atoms with Crippen LogP contribution in [0.1, 0.15) is 77.6 Å². The van der Waals surface area contributed by atoms with Crippen LogP contribution in [0.3, 0.4) is 0 Å². The summed E-state index contributed by atoms with van der Waals surface area (Å²) in [6, 6.07) is 2.41. The van der Waals surface area contributed by atoms with E-state index in [1.54, 1.807) is 0 Å². The molecule has 2 N–H and O–H groups in total. The lowest BCUT2D eigenvalue weighted by Crippen LogP contribution is -2.56. The third-order valence-electron chi connectivity index (χ3n) is 8.17. The highest BCUT2D eigenvalue weighted by Gasteiger charge is 2.39. The van der Waals surface area contributed by atoms with Crippen molar-refractivity contribution in [2.75, 3.05) is 59.6 Å². The number of hydrogen-bond donors (Lipinski definition) is 2. The molecule has 214 valence electrons. The Kier molecular flexibility index (Phi) is 12.6. The van der Waals surface area contributed by atoms with Crippen molar-refractivity contribution < 1.29 is 19.1 Å². The summed E-state index contributed by atoms with van der Waals surface area (Å²) in [6.07, 6.45) is 10.2. The predicted octanol–water partition coefficient (Wildman–Crippen LogP) is 3.28. The van der Waals surface area contributed by atoms with Gasteiger partial charge in [0.1, 0.15) is 5.54 Å². The van der Waals surface area contributed by atoms with Crippen LogP contribution in [0.5, 0.6) is 0 Å². The van der Waals surface area contributed by atoms with Crippen molar-refractivity contribution in [1.29, 1.82) is 5.26 Å². The molecule has 0 bridgehead atoms. The van der Waals surface area contributed by atoms with Gasteiger partial charge < -0.3 is 24.6 Å². The fourth-order valence-electron chi connectivity index (χ4n) is 5.58. The molecule has 1 unspecified atom stereocenters. The zero-order valence-corrected chi connectivity index (χ0v) is 23.5. The number of aliphatic imine (C=N–C) groups is 1. The Morgan fingerprint density at radius 1 is 1.11 bits per heavy atom. The quantitative estimate of drug-likeness (QED) is 0.252. The molecule has 0 spiro atoms. The standard InChI is InChI=1S/C28H48N6O4/c1-3-4-5-9-18-38-27(36)31-26(34-16-19-37-20-17-34)30-21-24(23-10-7-6-8-11-23)25(35)32-28(22-29)12-14-33(2)15-13-28/h23-24H,3-21H2,1-2H3,(H,32,35)(H,30,31,36). The topological polar surface area (TPSA) is 119 Å². The van der Waals surface area contributed by atoms with Gasteiger partial charge in [0.2, 0.25) is 11.9 Å². The van der Waals surface area contributed by atoms with Crippen molar-refractivity contribution in [3.05, 3.63) is 0 Å². The SMILES string of the molecule is CCCCCCOC(=O)NC(=NCC(C(=O)NC1(C#N)CCN(C)CC1)C1CCCCC1)N1CCOCC1. The first-order chi connectivity index (χ1) is 18.5. The number of unbranched alkanes of at least 4 members (excludes halogenated alkanes) is 3. The molecule has 0 radical (unpaired) electrons. The van der Waals surface area contributed by atoms with Gasteiger partial charge in [-0.2, -0.15) is 5.26 Å². The predicted molar refractivity (Wildman–Crippen MR) is 147 cm³/mol. The molecule has 2 amide bonds. The number of guanidine groups is 1. The largest absolute Gasteiger partial charge is 0.449 e. The fourth-order valence-corrected chi connectivity index (χ4v) is 5.58. The molecule has 0 aromatic heterocycles. The highest BCUT2D eigenvalue weighted by molar-refractivity contribution is 5.94. The number of hydrogen-bond acceptors (Lipinski definition) is 7. The Bertz CT molecular complexity index is 809. The number of nitrogens with zero attached hydrogens (tertiary/aromatic N) is 4. The van der Waals surface area contributed by atoms with Crippen molar-refractivity contribution >= 4 is 18.0 Å². The van der Waals surface area contributed by atoms with E-state index in [1.165, 1.54) is 6.42 Å². The first-order valence-electron chi connectivity index (χ1n) is 14.7. The van der Waals surface area contributed by atoms with E-state index in [-0.39, 0.29) is 24.3 Å². The number of likely N-dealkylation sites (tertiary alicyclic amines) is 1. The van der Waals surface area contributed by atoms with Gasteiger partial charge in [0, 0.05) is 26.2 Å². The number of alkyl carbamates (subject to hydrolysis) is 1. The number of morpholine rings is 1. The molecule has 2 heterocycles. The molecule has 1 aliphatic carbocycles. The van der Waals surface area contributed by atoms with Crippen LogP contribution in [-0.2, 0) is 14.3 Å². The highest BCUT2D eigenvalue weighted by atomic mass is 16.5. The number of rotatable bonds is 10. The molecule has 3 aliphatic rings. The molecule has 3 rings (SSSR count). The van der Waals surface area contributed by atoms with E-state index in [2.05, 4.69) is 28.5 Å². The van der Waals surface area contributed by atoms with Crippen molar-refractivity contribution in [3.8, 4) is 6.07 Å². The van der Waals surface area contributed by atoms with Crippen molar-refractivity contribution in [3.63, 3.8) is 0 Å². The van der Waals surface area contributed by atoms with Crippen LogP contribution in [0.15, 0.2) is 4.99 Å². The number of carbonyl (C=O) groups excluding carboxylic acids is 2. The van der Waals surface area contributed by atoms with E-state index in [1.807, 2.05) is 11.9 Å². The van der Waals surface area contributed by atoms with Crippen molar-refractivity contribution in [2.24, 2.45) is 16.8 Å². The summed E-state index contributed by atoms with van der Waals surface area (Å²) >= 11 is 0. The van der Waals surface area contributed by atoms with Gasteiger partial charge in [-0.15, -0.1) is 0 Å². The minimum Gasteiger partial charge on any atom is -0.449 e. The van der Waals surface area contributed by atoms with Gasteiger partial charge in [0.25, 0.3) is 0 Å². The van der Waals surface area contributed by atoms with Crippen LogP contribution in [0.25, 0.3) is 0 Å². The van der Waals surface area contributed by atoms with Crippen LogP contribution in [0, 0.1) is 23.2 Å². The van der Waals surface area contributed by atoms with Crippen molar-refractivity contribution in [2.45, 2.75) is 83.1 Å². The Balaban J connectivity index is 1.71. The summed E-state index contributed by atoms with van der Waals surface area (Å²) in [5.74, 6) is 0.218. The molecule has 2 aliphatic heterocycles. The maximum atomic E-state index is 13.7. The molecule has 1 atom stereocenters. The number of piperidine rings is 1.